The number of benzene rings is 1. The molecule has 31 heavy (non-hydrogen) atoms. The molecule has 1 unspecified atom stereocenters. The van der Waals surface area contributed by atoms with Gasteiger partial charge in [-0.05, 0) is 48.2 Å². The van der Waals surface area contributed by atoms with Gasteiger partial charge >= 0.3 is 0 Å². The van der Waals surface area contributed by atoms with Gasteiger partial charge in [0.1, 0.15) is 17.6 Å². The van der Waals surface area contributed by atoms with Gasteiger partial charge in [-0.15, -0.1) is 0 Å². The van der Waals surface area contributed by atoms with E-state index in [1.165, 1.54) is 0 Å². The fourth-order valence-electron chi connectivity index (χ4n) is 4.18. The molecule has 7 nitrogen and oxygen atoms in total. The van der Waals surface area contributed by atoms with Gasteiger partial charge in [0.05, 0.1) is 22.8 Å². The number of hydrogen-bond acceptors (Lipinski definition) is 5. The molecular formula is C23H24N4O3S. The Morgan fingerprint density at radius 3 is 2.65 bits per heavy atom. The van der Waals surface area contributed by atoms with E-state index >= 15 is 0 Å². The van der Waals surface area contributed by atoms with Crippen molar-refractivity contribution in [2.45, 2.75) is 37.1 Å². The fraction of sp³-hybridized carbons (Fsp3) is 0.304. The van der Waals surface area contributed by atoms with Crippen LogP contribution in [-0.4, -0.2) is 40.3 Å². The highest BCUT2D eigenvalue weighted by Crippen LogP contribution is 2.34. The molecule has 1 atom stereocenters. The van der Waals surface area contributed by atoms with Gasteiger partial charge in [0.15, 0.2) is 5.65 Å². The van der Waals surface area contributed by atoms with E-state index in [9.17, 15) is 8.42 Å². The van der Waals surface area contributed by atoms with Crippen molar-refractivity contribution >= 4 is 21.2 Å². The number of nitrogens with zero attached hydrogens (tertiary/aromatic N) is 4. The Bertz CT molecular complexity index is 1310. The molecule has 5 rings (SSSR count). The van der Waals surface area contributed by atoms with Crippen LogP contribution in [0.4, 0.5) is 0 Å². The summed E-state index contributed by atoms with van der Waals surface area (Å²) in [5.41, 5.74) is 3.51. The number of pyridine rings is 1. The summed E-state index contributed by atoms with van der Waals surface area (Å²) in [7, 11) is -3.56. The quantitative estimate of drug-likeness (QED) is 0.462. The first-order chi connectivity index (χ1) is 14.9. The monoisotopic (exact) mass is 436 g/mol. The lowest BCUT2D eigenvalue weighted by atomic mass is 10.0. The van der Waals surface area contributed by atoms with Crippen LogP contribution in [0.25, 0.3) is 22.6 Å². The number of imidazole rings is 1. The van der Waals surface area contributed by atoms with E-state index in [2.05, 4.69) is 23.4 Å². The maximum Gasteiger partial charge on any atom is 0.243 e. The minimum atomic E-state index is -3.56. The van der Waals surface area contributed by atoms with Crippen LogP contribution in [-0.2, 0) is 10.0 Å². The molecule has 1 aromatic carbocycles. The van der Waals surface area contributed by atoms with E-state index in [4.69, 9.17) is 9.40 Å². The first-order valence-corrected chi connectivity index (χ1v) is 11.8. The van der Waals surface area contributed by atoms with Crippen molar-refractivity contribution in [2.24, 2.45) is 0 Å². The molecule has 0 amide bonds. The maximum absolute atomic E-state index is 13.3. The normalized spacial score (nSPS) is 17.7. The average Bonchev–Trinajstić information content (AvgIpc) is 3.52. The Labute approximate surface area is 181 Å². The summed E-state index contributed by atoms with van der Waals surface area (Å²) in [6.07, 6.45) is 5.69. The van der Waals surface area contributed by atoms with Crippen LogP contribution in [0.5, 0.6) is 0 Å². The number of hydrogen-bond donors (Lipinski definition) is 0. The van der Waals surface area contributed by atoms with Crippen molar-refractivity contribution < 1.29 is 12.8 Å². The molecule has 3 aromatic heterocycles. The molecule has 160 valence electrons. The van der Waals surface area contributed by atoms with Gasteiger partial charge in [-0.25, -0.2) is 18.4 Å². The average molecular weight is 437 g/mol. The number of fused-ring (bicyclic) bond motifs is 1. The Hall–Kier alpha value is -2.97. The Morgan fingerprint density at radius 1 is 1.13 bits per heavy atom. The standard InChI is InChI=1S/C23H24N4O3S/c1-16(2)17-5-7-20(8-6-17)31(28,29)26-12-9-19(14-26)27-22(18-10-13-30-15-18)25-21-4-3-11-24-23(21)27/h3-8,10-11,13,15-16,19H,9,12,14H2,1-2H3. The third-order valence-corrected chi connectivity index (χ3v) is 7.78. The number of furan rings is 1. The van der Waals surface area contributed by atoms with E-state index in [1.807, 2.05) is 30.3 Å². The van der Waals surface area contributed by atoms with Crippen LogP contribution in [0.15, 0.2) is 70.5 Å². The largest absolute Gasteiger partial charge is 0.472 e. The molecule has 1 saturated heterocycles. The maximum atomic E-state index is 13.3. The van der Waals surface area contributed by atoms with Gasteiger partial charge < -0.3 is 8.98 Å². The predicted molar refractivity (Wildman–Crippen MR) is 118 cm³/mol. The molecular weight excluding hydrogens is 412 g/mol. The van der Waals surface area contributed by atoms with Gasteiger partial charge in [0, 0.05) is 19.3 Å². The molecule has 8 heteroatoms. The Balaban J connectivity index is 1.48. The van der Waals surface area contributed by atoms with Crippen LogP contribution in [0, 0.1) is 0 Å². The minimum absolute atomic E-state index is 0.0606. The predicted octanol–water partition coefficient (Wildman–Crippen LogP) is 4.45. The second-order valence-electron chi connectivity index (χ2n) is 8.19. The molecule has 0 N–H and O–H groups in total. The van der Waals surface area contributed by atoms with Crippen molar-refractivity contribution in [2.75, 3.05) is 13.1 Å². The van der Waals surface area contributed by atoms with Crippen LogP contribution < -0.4 is 0 Å². The van der Waals surface area contributed by atoms with Crippen LogP contribution in [0.3, 0.4) is 0 Å². The zero-order valence-electron chi connectivity index (χ0n) is 17.5. The molecule has 4 heterocycles. The van der Waals surface area contributed by atoms with Crippen molar-refractivity contribution in [3.05, 3.63) is 66.8 Å². The summed E-state index contributed by atoms with van der Waals surface area (Å²) < 4.78 is 35.4. The van der Waals surface area contributed by atoms with Crippen LogP contribution in [0.2, 0.25) is 0 Å². The van der Waals surface area contributed by atoms with Gasteiger partial charge in [-0.3, -0.25) is 0 Å². The van der Waals surface area contributed by atoms with Crippen molar-refractivity contribution in [3.63, 3.8) is 0 Å². The minimum Gasteiger partial charge on any atom is -0.472 e. The van der Waals surface area contributed by atoms with Gasteiger partial charge in [-0.2, -0.15) is 4.31 Å². The first-order valence-electron chi connectivity index (χ1n) is 10.4. The van der Waals surface area contributed by atoms with Crippen LogP contribution >= 0.6 is 0 Å². The summed E-state index contributed by atoms with van der Waals surface area (Å²) >= 11 is 0. The lowest BCUT2D eigenvalue weighted by Crippen LogP contribution is -2.29. The van der Waals surface area contributed by atoms with E-state index in [1.54, 1.807) is 35.2 Å². The van der Waals surface area contributed by atoms with E-state index in [-0.39, 0.29) is 6.04 Å². The first kappa shape index (κ1) is 20.0. The topological polar surface area (TPSA) is 81.2 Å². The zero-order valence-corrected chi connectivity index (χ0v) is 18.3. The second kappa shape index (κ2) is 7.62. The third kappa shape index (κ3) is 3.45. The number of rotatable bonds is 5. The molecule has 1 aliphatic heterocycles. The van der Waals surface area contributed by atoms with Gasteiger partial charge in [0.2, 0.25) is 10.0 Å². The molecule has 0 saturated carbocycles. The van der Waals surface area contributed by atoms with E-state index in [0.717, 1.165) is 28.1 Å². The summed E-state index contributed by atoms with van der Waals surface area (Å²) in [6, 6.07) is 12.8. The zero-order chi connectivity index (χ0) is 21.6. The molecule has 0 bridgehead atoms. The SMILES string of the molecule is CC(C)c1ccc(S(=O)(=O)N2CCC(n3c(-c4ccoc4)nc4cccnc43)C2)cc1. The summed E-state index contributed by atoms with van der Waals surface area (Å²) in [6.45, 7) is 5.02. The van der Waals surface area contributed by atoms with Crippen molar-refractivity contribution in [1.82, 2.24) is 18.8 Å². The van der Waals surface area contributed by atoms with E-state index < -0.39 is 10.0 Å². The fourth-order valence-corrected chi connectivity index (χ4v) is 5.68. The summed E-state index contributed by atoms with van der Waals surface area (Å²) in [5, 5.41) is 0. The third-order valence-electron chi connectivity index (χ3n) is 5.90. The smallest absolute Gasteiger partial charge is 0.243 e. The second-order valence-corrected chi connectivity index (χ2v) is 10.1. The number of aromatic nitrogens is 3. The van der Waals surface area contributed by atoms with Gasteiger partial charge in [0.25, 0.3) is 0 Å². The van der Waals surface area contributed by atoms with Crippen LogP contribution in [0.1, 0.15) is 37.8 Å². The lowest BCUT2D eigenvalue weighted by Gasteiger charge is -2.19. The van der Waals surface area contributed by atoms with Crippen molar-refractivity contribution in [3.8, 4) is 11.4 Å². The molecule has 0 spiro atoms. The Kier molecular flexibility index (Phi) is 4.91. The Morgan fingerprint density at radius 2 is 1.94 bits per heavy atom. The molecule has 0 aliphatic carbocycles. The summed E-state index contributed by atoms with van der Waals surface area (Å²) in [4.78, 5) is 9.61. The highest BCUT2D eigenvalue weighted by Gasteiger charge is 2.35. The highest BCUT2D eigenvalue weighted by molar-refractivity contribution is 7.89. The lowest BCUT2D eigenvalue weighted by molar-refractivity contribution is 0.455. The van der Waals surface area contributed by atoms with E-state index in [0.29, 0.717) is 30.3 Å². The highest BCUT2D eigenvalue weighted by atomic mass is 32.2. The molecule has 1 fully saturated rings. The molecule has 4 aromatic rings. The number of sulfonamides is 1. The molecule has 0 radical (unpaired) electrons. The molecule has 1 aliphatic rings. The van der Waals surface area contributed by atoms with Crippen molar-refractivity contribution in [1.29, 1.82) is 0 Å². The van der Waals surface area contributed by atoms with Gasteiger partial charge in [-0.1, -0.05) is 26.0 Å². The summed E-state index contributed by atoms with van der Waals surface area (Å²) in [5.74, 6) is 1.10.